The first kappa shape index (κ1) is 15.5. The summed E-state index contributed by atoms with van der Waals surface area (Å²) < 4.78 is 5.72. The topological polar surface area (TPSA) is 79.9 Å². The quantitative estimate of drug-likeness (QED) is 0.684. The van der Waals surface area contributed by atoms with Crippen LogP contribution in [0.15, 0.2) is 67.0 Å². The smallest absolute Gasteiger partial charge is 0.250 e. The second-order valence-electron chi connectivity index (χ2n) is 5.00. The van der Waals surface area contributed by atoms with Crippen LogP contribution in [0, 0.1) is 0 Å². The van der Waals surface area contributed by atoms with Crippen molar-refractivity contribution in [1.82, 2.24) is 15.2 Å². The molecule has 6 nitrogen and oxygen atoms in total. The highest BCUT2D eigenvalue weighted by Gasteiger charge is 2.00. The highest BCUT2D eigenvalue weighted by molar-refractivity contribution is 6.00. The van der Waals surface area contributed by atoms with Crippen molar-refractivity contribution < 1.29 is 9.53 Å². The number of ether oxygens (including phenoxy) is 1. The van der Waals surface area contributed by atoms with Gasteiger partial charge >= 0.3 is 0 Å². The number of nitrogens with one attached hydrogen (secondary N) is 2. The molecule has 6 heteroatoms. The van der Waals surface area contributed by atoms with E-state index in [1.165, 1.54) is 12.4 Å². The molecule has 0 saturated carbocycles. The molecule has 0 unspecified atom stereocenters. The molecule has 120 valence electrons. The largest absolute Gasteiger partial charge is 0.489 e. The van der Waals surface area contributed by atoms with Crippen LogP contribution >= 0.6 is 0 Å². The fourth-order valence-corrected chi connectivity index (χ4v) is 2.01. The fourth-order valence-electron chi connectivity index (χ4n) is 2.01. The highest BCUT2D eigenvalue weighted by Crippen LogP contribution is 2.15. The molecule has 0 saturated heterocycles. The number of benzene rings is 2. The van der Waals surface area contributed by atoms with E-state index in [0.717, 1.165) is 16.9 Å². The Kier molecular flexibility index (Phi) is 4.99. The molecule has 2 aromatic carbocycles. The third-order valence-electron chi connectivity index (χ3n) is 3.21. The Morgan fingerprint density at radius 2 is 1.92 bits per heavy atom. The molecule has 0 atom stereocenters. The summed E-state index contributed by atoms with van der Waals surface area (Å²) in [6, 6.07) is 17.5. The summed E-state index contributed by atoms with van der Waals surface area (Å²) in [5, 5.41) is 8.77. The molecule has 0 bridgehead atoms. The number of amides is 1. The number of anilines is 1. The maximum Gasteiger partial charge on any atom is 0.250 e. The van der Waals surface area contributed by atoms with Crippen molar-refractivity contribution in [2.45, 2.75) is 6.61 Å². The number of hydrogen-bond acceptors (Lipinski definition) is 4. The standard InChI is InChI=1S/C18H16N4O2/c23-17(21-18-19-13-20-22-18)11-8-14-6-9-16(10-7-14)24-12-15-4-2-1-3-5-15/h1-11,13H,12H2,(H2,19,20,21,22,23)/b11-8+. The first-order chi connectivity index (χ1) is 11.8. The number of H-pyrrole nitrogens is 1. The average molecular weight is 320 g/mol. The van der Waals surface area contributed by atoms with Gasteiger partial charge in [-0.1, -0.05) is 42.5 Å². The second kappa shape index (κ2) is 7.73. The number of carbonyl (C=O) groups excluding carboxylic acids is 1. The van der Waals surface area contributed by atoms with E-state index in [-0.39, 0.29) is 5.91 Å². The first-order valence-corrected chi connectivity index (χ1v) is 7.41. The lowest BCUT2D eigenvalue weighted by atomic mass is 10.2. The van der Waals surface area contributed by atoms with Gasteiger partial charge in [-0.3, -0.25) is 10.1 Å². The molecule has 1 amide bonds. The van der Waals surface area contributed by atoms with E-state index in [1.54, 1.807) is 6.08 Å². The van der Waals surface area contributed by atoms with E-state index >= 15 is 0 Å². The number of aromatic amines is 1. The van der Waals surface area contributed by atoms with Gasteiger partial charge < -0.3 is 4.74 Å². The molecular weight excluding hydrogens is 304 g/mol. The summed E-state index contributed by atoms with van der Waals surface area (Å²) in [6.07, 6.45) is 4.47. The summed E-state index contributed by atoms with van der Waals surface area (Å²) >= 11 is 0. The van der Waals surface area contributed by atoms with Crippen molar-refractivity contribution in [3.8, 4) is 5.75 Å². The van der Waals surface area contributed by atoms with Gasteiger partial charge in [-0.2, -0.15) is 10.1 Å². The van der Waals surface area contributed by atoms with Gasteiger partial charge in [-0.15, -0.1) is 0 Å². The molecule has 0 aliphatic heterocycles. The van der Waals surface area contributed by atoms with Crippen LogP contribution in [-0.2, 0) is 11.4 Å². The fraction of sp³-hybridized carbons (Fsp3) is 0.0556. The zero-order valence-electron chi connectivity index (χ0n) is 12.8. The van der Waals surface area contributed by atoms with Gasteiger partial charge in [-0.05, 0) is 29.3 Å². The first-order valence-electron chi connectivity index (χ1n) is 7.41. The van der Waals surface area contributed by atoms with Crippen molar-refractivity contribution in [3.63, 3.8) is 0 Å². The molecule has 0 spiro atoms. The number of rotatable bonds is 6. The molecule has 0 radical (unpaired) electrons. The Bertz CT molecular complexity index is 797. The van der Waals surface area contributed by atoms with Crippen LogP contribution < -0.4 is 10.1 Å². The lowest BCUT2D eigenvalue weighted by Crippen LogP contribution is -2.08. The van der Waals surface area contributed by atoms with Crippen LogP contribution in [0.1, 0.15) is 11.1 Å². The Labute approximate surface area is 139 Å². The third kappa shape index (κ3) is 4.54. The molecule has 0 fully saturated rings. The monoisotopic (exact) mass is 320 g/mol. The van der Waals surface area contributed by atoms with E-state index in [1.807, 2.05) is 54.6 Å². The lowest BCUT2D eigenvalue weighted by Gasteiger charge is -2.06. The predicted octanol–water partition coefficient (Wildman–Crippen LogP) is 3.04. The lowest BCUT2D eigenvalue weighted by molar-refractivity contribution is -0.111. The van der Waals surface area contributed by atoms with Crippen LogP contribution in [0.5, 0.6) is 5.75 Å². The maximum absolute atomic E-state index is 11.7. The molecule has 0 aliphatic rings. The minimum atomic E-state index is -0.281. The summed E-state index contributed by atoms with van der Waals surface area (Å²) in [6.45, 7) is 0.523. The molecular formula is C18H16N4O2. The van der Waals surface area contributed by atoms with E-state index in [2.05, 4.69) is 20.5 Å². The summed E-state index contributed by atoms with van der Waals surface area (Å²) in [4.78, 5) is 15.5. The minimum absolute atomic E-state index is 0.281. The van der Waals surface area contributed by atoms with E-state index in [4.69, 9.17) is 4.74 Å². The third-order valence-corrected chi connectivity index (χ3v) is 3.21. The molecule has 2 N–H and O–H groups in total. The summed E-state index contributed by atoms with van der Waals surface area (Å²) in [7, 11) is 0. The number of carbonyl (C=O) groups is 1. The SMILES string of the molecule is O=C(/C=C/c1ccc(OCc2ccccc2)cc1)Nc1ncn[nH]1. The van der Waals surface area contributed by atoms with E-state index in [9.17, 15) is 4.79 Å². The second-order valence-corrected chi connectivity index (χ2v) is 5.00. The van der Waals surface area contributed by atoms with Gasteiger partial charge in [0, 0.05) is 6.08 Å². The molecule has 3 rings (SSSR count). The van der Waals surface area contributed by atoms with Crippen LogP contribution in [-0.4, -0.2) is 21.1 Å². The molecule has 0 aliphatic carbocycles. The van der Waals surface area contributed by atoms with Crippen molar-refractivity contribution in [3.05, 3.63) is 78.1 Å². The van der Waals surface area contributed by atoms with Crippen molar-refractivity contribution in [1.29, 1.82) is 0 Å². The Morgan fingerprint density at radius 1 is 1.12 bits per heavy atom. The molecule has 1 aromatic heterocycles. The number of aromatic nitrogens is 3. The van der Waals surface area contributed by atoms with Crippen LogP contribution in [0.3, 0.4) is 0 Å². The van der Waals surface area contributed by atoms with Crippen molar-refractivity contribution in [2.75, 3.05) is 5.32 Å². The van der Waals surface area contributed by atoms with Gasteiger partial charge in [-0.25, -0.2) is 5.10 Å². The summed E-state index contributed by atoms with van der Waals surface area (Å²) in [5.41, 5.74) is 2.01. The van der Waals surface area contributed by atoms with Crippen LogP contribution in [0.25, 0.3) is 6.08 Å². The normalized spacial score (nSPS) is 10.7. The highest BCUT2D eigenvalue weighted by atomic mass is 16.5. The average Bonchev–Trinajstić information content (AvgIpc) is 3.13. The van der Waals surface area contributed by atoms with Crippen molar-refractivity contribution >= 4 is 17.9 Å². The van der Waals surface area contributed by atoms with Gasteiger partial charge in [0.1, 0.15) is 18.7 Å². The van der Waals surface area contributed by atoms with Gasteiger partial charge in [0.15, 0.2) is 0 Å². The Hall–Kier alpha value is -3.41. The molecule has 24 heavy (non-hydrogen) atoms. The predicted molar refractivity (Wildman–Crippen MR) is 91.3 cm³/mol. The minimum Gasteiger partial charge on any atom is -0.489 e. The Balaban J connectivity index is 1.52. The zero-order chi connectivity index (χ0) is 16.6. The van der Waals surface area contributed by atoms with Gasteiger partial charge in [0.2, 0.25) is 5.95 Å². The Morgan fingerprint density at radius 3 is 2.62 bits per heavy atom. The summed E-state index contributed by atoms with van der Waals surface area (Å²) in [5.74, 6) is 0.813. The zero-order valence-corrected chi connectivity index (χ0v) is 12.8. The van der Waals surface area contributed by atoms with Crippen LogP contribution in [0.2, 0.25) is 0 Å². The molecule has 1 heterocycles. The van der Waals surface area contributed by atoms with Gasteiger partial charge in [0.05, 0.1) is 0 Å². The molecule has 3 aromatic rings. The number of nitrogens with zero attached hydrogens (tertiary/aromatic N) is 2. The van der Waals surface area contributed by atoms with Crippen molar-refractivity contribution in [2.24, 2.45) is 0 Å². The number of hydrogen-bond donors (Lipinski definition) is 2. The van der Waals surface area contributed by atoms with E-state index < -0.39 is 0 Å². The van der Waals surface area contributed by atoms with Gasteiger partial charge in [0.25, 0.3) is 5.91 Å². The van der Waals surface area contributed by atoms with E-state index in [0.29, 0.717) is 12.6 Å². The van der Waals surface area contributed by atoms with Crippen LogP contribution in [0.4, 0.5) is 5.95 Å². The maximum atomic E-state index is 11.7.